The molecule has 0 saturated carbocycles. The zero-order chi connectivity index (χ0) is 22.4. The molecule has 6 aromatic rings. The molecule has 158 valence electrons. The van der Waals surface area contributed by atoms with E-state index < -0.39 is 0 Å². The van der Waals surface area contributed by atoms with E-state index in [1.165, 1.54) is 33.4 Å². The van der Waals surface area contributed by atoms with E-state index in [9.17, 15) is 0 Å². The minimum atomic E-state index is 0.906. The average Bonchev–Trinajstić information content (AvgIpc) is 3.21. The van der Waals surface area contributed by atoms with E-state index in [0.717, 1.165) is 32.0 Å². The van der Waals surface area contributed by atoms with Crippen molar-refractivity contribution in [2.75, 3.05) is 0 Å². The van der Waals surface area contributed by atoms with Crippen molar-refractivity contribution in [3.05, 3.63) is 119 Å². The largest absolute Gasteiger partial charge is 0.456 e. The van der Waals surface area contributed by atoms with E-state index in [1.807, 2.05) is 12.1 Å². The first-order valence-corrected chi connectivity index (χ1v) is 11.8. The first-order valence-electron chi connectivity index (χ1n) is 11.0. The van der Waals surface area contributed by atoms with Crippen LogP contribution in [0.25, 0.3) is 55.3 Å². The SMILES string of the molecule is Cc1ccc(-c2cccc(-c3ccccc3-c3ccc4c(c3)oc3ccc(Br)cc34)c2)cc1. The number of aryl methyl sites for hydroxylation is 1. The molecule has 0 bridgehead atoms. The van der Waals surface area contributed by atoms with Crippen LogP contribution in [-0.2, 0) is 0 Å². The summed E-state index contributed by atoms with van der Waals surface area (Å²) in [4.78, 5) is 0. The summed E-state index contributed by atoms with van der Waals surface area (Å²) in [5.41, 5.74) is 10.3. The highest BCUT2D eigenvalue weighted by Gasteiger charge is 2.12. The third-order valence-corrected chi connectivity index (χ3v) is 6.72. The van der Waals surface area contributed by atoms with E-state index in [-0.39, 0.29) is 0 Å². The molecular formula is C31H21BrO. The number of hydrogen-bond donors (Lipinski definition) is 0. The number of halogens is 1. The Balaban J connectivity index is 1.47. The molecule has 0 N–H and O–H groups in total. The van der Waals surface area contributed by atoms with Crippen molar-refractivity contribution in [1.82, 2.24) is 0 Å². The Morgan fingerprint density at radius 1 is 0.515 bits per heavy atom. The van der Waals surface area contributed by atoms with Gasteiger partial charge in [-0.25, -0.2) is 0 Å². The van der Waals surface area contributed by atoms with Gasteiger partial charge < -0.3 is 4.42 Å². The van der Waals surface area contributed by atoms with Gasteiger partial charge in [0.1, 0.15) is 11.2 Å². The van der Waals surface area contributed by atoms with Crippen molar-refractivity contribution >= 4 is 37.9 Å². The van der Waals surface area contributed by atoms with Gasteiger partial charge in [0.15, 0.2) is 0 Å². The molecule has 0 aliphatic carbocycles. The number of benzene rings is 5. The normalized spacial score (nSPS) is 11.3. The predicted octanol–water partition coefficient (Wildman–Crippen LogP) is 9.66. The topological polar surface area (TPSA) is 13.1 Å². The van der Waals surface area contributed by atoms with Crippen LogP contribution in [0.5, 0.6) is 0 Å². The van der Waals surface area contributed by atoms with Gasteiger partial charge in [0.2, 0.25) is 0 Å². The van der Waals surface area contributed by atoms with Gasteiger partial charge in [0.25, 0.3) is 0 Å². The van der Waals surface area contributed by atoms with Crippen molar-refractivity contribution in [2.24, 2.45) is 0 Å². The Morgan fingerprint density at radius 2 is 1.21 bits per heavy atom. The summed E-state index contributed by atoms with van der Waals surface area (Å²) in [6.07, 6.45) is 0. The van der Waals surface area contributed by atoms with E-state index in [4.69, 9.17) is 4.42 Å². The van der Waals surface area contributed by atoms with Gasteiger partial charge in [-0.3, -0.25) is 0 Å². The highest BCUT2D eigenvalue weighted by molar-refractivity contribution is 9.10. The number of hydrogen-bond acceptors (Lipinski definition) is 1. The zero-order valence-corrected chi connectivity index (χ0v) is 19.8. The second-order valence-electron chi connectivity index (χ2n) is 8.45. The lowest BCUT2D eigenvalue weighted by atomic mass is 9.92. The third-order valence-electron chi connectivity index (χ3n) is 6.23. The maximum Gasteiger partial charge on any atom is 0.136 e. The van der Waals surface area contributed by atoms with E-state index >= 15 is 0 Å². The second kappa shape index (κ2) is 8.06. The summed E-state index contributed by atoms with van der Waals surface area (Å²) in [5.74, 6) is 0. The van der Waals surface area contributed by atoms with Crippen LogP contribution in [-0.4, -0.2) is 0 Å². The Labute approximate surface area is 201 Å². The maximum absolute atomic E-state index is 6.18. The monoisotopic (exact) mass is 488 g/mol. The average molecular weight is 489 g/mol. The minimum absolute atomic E-state index is 0.906. The molecule has 2 heteroatoms. The van der Waals surface area contributed by atoms with E-state index in [1.54, 1.807) is 0 Å². The Morgan fingerprint density at radius 3 is 2.00 bits per heavy atom. The number of rotatable bonds is 3. The predicted molar refractivity (Wildman–Crippen MR) is 142 cm³/mol. The molecule has 0 aliphatic rings. The fourth-order valence-corrected chi connectivity index (χ4v) is 4.88. The van der Waals surface area contributed by atoms with Gasteiger partial charge in [-0.15, -0.1) is 0 Å². The number of furan rings is 1. The highest BCUT2D eigenvalue weighted by atomic mass is 79.9. The van der Waals surface area contributed by atoms with Crippen LogP contribution in [0.2, 0.25) is 0 Å². The maximum atomic E-state index is 6.18. The fraction of sp³-hybridized carbons (Fsp3) is 0.0323. The van der Waals surface area contributed by atoms with Crippen molar-refractivity contribution in [1.29, 1.82) is 0 Å². The minimum Gasteiger partial charge on any atom is -0.456 e. The number of fused-ring (bicyclic) bond motifs is 3. The molecular weight excluding hydrogens is 468 g/mol. The molecule has 1 heterocycles. The van der Waals surface area contributed by atoms with Crippen LogP contribution in [0.1, 0.15) is 5.56 Å². The second-order valence-corrected chi connectivity index (χ2v) is 9.36. The van der Waals surface area contributed by atoms with Crippen LogP contribution >= 0.6 is 15.9 Å². The first kappa shape index (κ1) is 20.0. The molecule has 0 saturated heterocycles. The van der Waals surface area contributed by atoms with Crippen LogP contribution in [0.3, 0.4) is 0 Å². The van der Waals surface area contributed by atoms with Crippen molar-refractivity contribution in [2.45, 2.75) is 6.92 Å². The summed E-state index contributed by atoms with van der Waals surface area (Å²) >= 11 is 3.57. The van der Waals surface area contributed by atoms with Gasteiger partial charge in [-0.05, 0) is 76.7 Å². The smallest absolute Gasteiger partial charge is 0.136 e. The molecule has 0 aliphatic heterocycles. The van der Waals surface area contributed by atoms with Crippen LogP contribution in [0.15, 0.2) is 118 Å². The molecule has 0 spiro atoms. The highest BCUT2D eigenvalue weighted by Crippen LogP contribution is 2.37. The Hall–Kier alpha value is -3.62. The van der Waals surface area contributed by atoms with Crippen molar-refractivity contribution < 1.29 is 4.42 Å². The molecule has 33 heavy (non-hydrogen) atoms. The van der Waals surface area contributed by atoms with Crippen LogP contribution in [0, 0.1) is 6.92 Å². The van der Waals surface area contributed by atoms with Crippen molar-refractivity contribution in [3.8, 4) is 33.4 Å². The standard InChI is InChI=1S/C31H21BrO/c1-20-9-11-21(12-10-20)22-5-4-6-23(17-22)26-7-2-3-8-27(26)24-13-15-28-29-19-25(32)14-16-30(29)33-31(28)18-24/h2-19H,1H3. The molecule has 1 aromatic heterocycles. The van der Waals surface area contributed by atoms with Crippen molar-refractivity contribution in [3.63, 3.8) is 0 Å². The lowest BCUT2D eigenvalue weighted by Gasteiger charge is -2.12. The van der Waals surface area contributed by atoms with Crippen LogP contribution in [0.4, 0.5) is 0 Å². The van der Waals surface area contributed by atoms with Gasteiger partial charge in [0.05, 0.1) is 0 Å². The summed E-state index contributed by atoms with van der Waals surface area (Å²) in [5, 5.41) is 2.26. The summed E-state index contributed by atoms with van der Waals surface area (Å²) in [7, 11) is 0. The van der Waals surface area contributed by atoms with E-state index in [0.29, 0.717) is 0 Å². The first-order chi connectivity index (χ1) is 16.2. The summed E-state index contributed by atoms with van der Waals surface area (Å²) < 4.78 is 7.24. The molecule has 0 fully saturated rings. The molecule has 5 aromatic carbocycles. The summed E-state index contributed by atoms with van der Waals surface area (Å²) in [6.45, 7) is 2.12. The molecule has 0 amide bonds. The quantitative estimate of drug-likeness (QED) is 0.241. The molecule has 0 unspecified atom stereocenters. The van der Waals surface area contributed by atoms with E-state index in [2.05, 4.69) is 120 Å². The molecule has 6 rings (SSSR count). The zero-order valence-electron chi connectivity index (χ0n) is 18.2. The fourth-order valence-electron chi connectivity index (χ4n) is 4.52. The third kappa shape index (κ3) is 3.67. The molecule has 0 atom stereocenters. The lowest BCUT2D eigenvalue weighted by molar-refractivity contribution is 0.669. The van der Waals surface area contributed by atoms with Gasteiger partial charge in [-0.1, -0.05) is 94.3 Å². The lowest BCUT2D eigenvalue weighted by Crippen LogP contribution is -1.86. The van der Waals surface area contributed by atoms with Gasteiger partial charge in [0, 0.05) is 15.2 Å². The summed E-state index contributed by atoms with van der Waals surface area (Å²) in [6, 6.07) is 38.8. The molecule has 0 radical (unpaired) electrons. The van der Waals surface area contributed by atoms with Gasteiger partial charge in [-0.2, -0.15) is 0 Å². The molecule has 1 nitrogen and oxygen atoms in total. The Bertz CT molecular complexity index is 1620. The Kier molecular flexibility index (Phi) is 4.89. The van der Waals surface area contributed by atoms with Crippen LogP contribution < -0.4 is 0 Å². The van der Waals surface area contributed by atoms with Gasteiger partial charge >= 0.3 is 0 Å².